The minimum absolute atomic E-state index is 0.0575. The second kappa shape index (κ2) is 8.41. The van der Waals surface area contributed by atoms with E-state index in [-0.39, 0.29) is 15.4 Å². The molecule has 1 N–H and O–H groups in total. The fourth-order valence-corrected chi connectivity index (χ4v) is 4.66. The average molecular weight is 495 g/mol. The number of nitrogens with zero attached hydrogens (tertiary/aromatic N) is 2. The van der Waals surface area contributed by atoms with Gasteiger partial charge in [-0.25, -0.2) is 4.98 Å². The molecule has 0 aromatic carbocycles. The van der Waals surface area contributed by atoms with Crippen LogP contribution in [0, 0.1) is 0 Å². The number of carbonyl (C=O) groups excluding carboxylic acids is 1. The molecule has 1 aromatic rings. The second-order valence-electron chi connectivity index (χ2n) is 7.72. The summed E-state index contributed by atoms with van der Waals surface area (Å²) in [7, 11) is 0. The van der Waals surface area contributed by atoms with Crippen molar-refractivity contribution in [1.29, 1.82) is 0 Å². The quantitative estimate of drug-likeness (QED) is 0.515. The van der Waals surface area contributed by atoms with Crippen LogP contribution in [-0.2, 0) is 4.79 Å². The lowest BCUT2D eigenvalue weighted by Gasteiger charge is -2.37. The van der Waals surface area contributed by atoms with Gasteiger partial charge in [-0.15, -0.1) is 0 Å². The molecule has 6 nitrogen and oxygen atoms in total. The molecule has 2 atom stereocenters. The van der Waals surface area contributed by atoms with Crippen LogP contribution in [0.4, 0.5) is 0 Å². The number of allylic oxidation sites excluding steroid dienone is 1. The summed E-state index contributed by atoms with van der Waals surface area (Å²) >= 11 is 2.48. The number of rotatable bonds is 4. The molecule has 0 saturated carbocycles. The summed E-state index contributed by atoms with van der Waals surface area (Å²) in [5.41, 5.74) is 1.35. The van der Waals surface area contributed by atoms with Crippen molar-refractivity contribution in [3.8, 4) is 11.6 Å². The first-order chi connectivity index (χ1) is 13.5. The molecule has 0 spiro atoms. The van der Waals surface area contributed by atoms with E-state index in [1.807, 2.05) is 12.1 Å². The fraction of sp³-hybridized carbons (Fsp3) is 0.524. The standard InChI is InChI=1S/C21H26IN3O3/c1-15(26)24-17-6-11-25(12-7-17)13-16-4-8-21(22,9-5-16)19-14-27-18-3-2-10-23-20(18)28-19/h2-5,8,10,17,19H,6-7,9,11-14H2,1H3,(H,24,26)/t19-,21?/m1/s1. The lowest BCUT2D eigenvalue weighted by molar-refractivity contribution is -0.119. The molecule has 2 aliphatic heterocycles. The zero-order valence-electron chi connectivity index (χ0n) is 16.1. The van der Waals surface area contributed by atoms with E-state index < -0.39 is 0 Å². The zero-order valence-corrected chi connectivity index (χ0v) is 18.2. The van der Waals surface area contributed by atoms with Gasteiger partial charge in [-0.05, 0) is 37.0 Å². The lowest BCUT2D eigenvalue weighted by Crippen LogP contribution is -2.46. The van der Waals surface area contributed by atoms with Crippen LogP contribution in [-0.4, -0.2) is 57.6 Å². The Morgan fingerprint density at radius 3 is 2.96 bits per heavy atom. The van der Waals surface area contributed by atoms with E-state index in [1.165, 1.54) is 5.57 Å². The highest BCUT2D eigenvalue weighted by Gasteiger charge is 2.40. The molecule has 1 aliphatic carbocycles. The number of pyridine rings is 1. The summed E-state index contributed by atoms with van der Waals surface area (Å²) in [6, 6.07) is 4.07. The van der Waals surface area contributed by atoms with E-state index in [1.54, 1.807) is 13.1 Å². The van der Waals surface area contributed by atoms with Gasteiger partial charge in [0, 0.05) is 38.8 Å². The maximum Gasteiger partial charge on any atom is 0.257 e. The molecule has 7 heteroatoms. The average Bonchev–Trinajstić information content (AvgIpc) is 2.70. The van der Waals surface area contributed by atoms with Crippen LogP contribution in [0.3, 0.4) is 0 Å². The summed E-state index contributed by atoms with van der Waals surface area (Å²) in [6.45, 7) is 5.13. The van der Waals surface area contributed by atoms with Gasteiger partial charge in [0.2, 0.25) is 5.91 Å². The van der Waals surface area contributed by atoms with Gasteiger partial charge in [0.15, 0.2) is 11.9 Å². The number of alkyl halides is 1. The number of likely N-dealkylation sites (tertiary alicyclic amines) is 1. The van der Waals surface area contributed by atoms with E-state index in [2.05, 4.69) is 56.0 Å². The number of piperidine rings is 1. The Morgan fingerprint density at radius 2 is 2.25 bits per heavy atom. The summed E-state index contributed by atoms with van der Waals surface area (Å²) < 4.78 is 11.9. The molecule has 28 heavy (non-hydrogen) atoms. The Morgan fingerprint density at radius 1 is 1.43 bits per heavy atom. The van der Waals surface area contributed by atoms with Crippen molar-refractivity contribution in [3.05, 3.63) is 42.1 Å². The number of fused-ring (bicyclic) bond motifs is 1. The molecular weight excluding hydrogens is 469 g/mol. The predicted molar refractivity (Wildman–Crippen MR) is 116 cm³/mol. The van der Waals surface area contributed by atoms with Crippen LogP contribution >= 0.6 is 22.6 Å². The van der Waals surface area contributed by atoms with Crippen molar-refractivity contribution < 1.29 is 14.3 Å². The van der Waals surface area contributed by atoms with Crippen LogP contribution in [0.15, 0.2) is 42.1 Å². The molecule has 0 radical (unpaired) electrons. The van der Waals surface area contributed by atoms with Gasteiger partial charge in [0.25, 0.3) is 5.88 Å². The molecule has 1 aromatic heterocycles. The van der Waals surface area contributed by atoms with E-state index in [4.69, 9.17) is 9.47 Å². The molecule has 1 saturated heterocycles. The lowest BCUT2D eigenvalue weighted by atomic mass is 9.91. The van der Waals surface area contributed by atoms with Crippen molar-refractivity contribution in [2.45, 2.75) is 41.8 Å². The van der Waals surface area contributed by atoms with Crippen molar-refractivity contribution in [2.24, 2.45) is 0 Å². The Bertz CT molecular complexity index is 789. The first-order valence-corrected chi connectivity index (χ1v) is 10.9. The summed E-state index contributed by atoms with van der Waals surface area (Å²) in [5, 5.41) is 3.03. The molecule has 1 amide bonds. The van der Waals surface area contributed by atoms with Gasteiger partial charge in [0.05, 0.1) is 3.42 Å². The molecule has 4 rings (SSSR count). The van der Waals surface area contributed by atoms with Crippen LogP contribution in [0.5, 0.6) is 11.6 Å². The Balaban J connectivity index is 1.30. The predicted octanol–water partition coefficient (Wildman–Crippen LogP) is 2.88. The van der Waals surface area contributed by atoms with E-state index in [0.29, 0.717) is 18.5 Å². The van der Waals surface area contributed by atoms with Gasteiger partial charge >= 0.3 is 0 Å². The maximum atomic E-state index is 11.2. The number of hydrogen-bond acceptors (Lipinski definition) is 5. The summed E-state index contributed by atoms with van der Waals surface area (Å²) in [6.07, 6.45) is 11.4. The molecule has 0 bridgehead atoms. The van der Waals surface area contributed by atoms with Crippen molar-refractivity contribution >= 4 is 28.5 Å². The fourth-order valence-electron chi connectivity index (χ4n) is 3.95. The van der Waals surface area contributed by atoms with E-state index >= 15 is 0 Å². The maximum absolute atomic E-state index is 11.2. The monoisotopic (exact) mass is 495 g/mol. The highest BCUT2D eigenvalue weighted by Crippen LogP contribution is 2.40. The molecule has 3 aliphatic rings. The zero-order chi connectivity index (χ0) is 19.6. The Kier molecular flexibility index (Phi) is 5.91. The topological polar surface area (TPSA) is 63.7 Å². The third kappa shape index (κ3) is 4.51. The van der Waals surface area contributed by atoms with Crippen LogP contribution in [0.25, 0.3) is 0 Å². The number of hydrogen-bond donors (Lipinski definition) is 1. The Labute approximate surface area is 179 Å². The first-order valence-electron chi connectivity index (χ1n) is 9.83. The third-order valence-electron chi connectivity index (χ3n) is 5.57. The van der Waals surface area contributed by atoms with Gasteiger partial charge in [-0.3, -0.25) is 9.69 Å². The molecule has 1 fully saturated rings. The van der Waals surface area contributed by atoms with E-state index in [9.17, 15) is 4.79 Å². The largest absolute Gasteiger partial charge is 0.484 e. The number of carbonyl (C=O) groups is 1. The molecular formula is C21H26IN3O3. The van der Waals surface area contributed by atoms with Gasteiger partial charge in [-0.2, -0.15) is 0 Å². The third-order valence-corrected chi connectivity index (χ3v) is 7.06. The first kappa shape index (κ1) is 19.7. The number of nitrogens with one attached hydrogen (secondary N) is 1. The normalized spacial score (nSPS) is 27.9. The minimum Gasteiger partial charge on any atom is -0.484 e. The van der Waals surface area contributed by atoms with Crippen molar-refractivity contribution in [1.82, 2.24) is 15.2 Å². The SMILES string of the molecule is CC(=O)NC1CCN(CC2=CCC(I)([C@H]3COc4cccnc4O3)C=C2)CC1. The van der Waals surface area contributed by atoms with Crippen LogP contribution in [0.1, 0.15) is 26.2 Å². The van der Waals surface area contributed by atoms with Gasteiger partial charge in [0.1, 0.15) is 6.61 Å². The molecule has 150 valence electrons. The molecule has 3 heterocycles. The second-order valence-corrected chi connectivity index (χ2v) is 9.73. The van der Waals surface area contributed by atoms with Crippen LogP contribution in [0.2, 0.25) is 0 Å². The smallest absolute Gasteiger partial charge is 0.257 e. The summed E-state index contributed by atoms with van der Waals surface area (Å²) in [5.74, 6) is 1.37. The number of amides is 1. The van der Waals surface area contributed by atoms with Crippen LogP contribution < -0.4 is 14.8 Å². The Hall–Kier alpha value is -1.61. The highest BCUT2D eigenvalue weighted by molar-refractivity contribution is 14.1. The number of halogens is 1. The number of ether oxygens (including phenoxy) is 2. The van der Waals surface area contributed by atoms with Gasteiger partial charge in [-0.1, -0.05) is 40.8 Å². The van der Waals surface area contributed by atoms with E-state index in [0.717, 1.165) is 44.6 Å². The van der Waals surface area contributed by atoms with Crippen molar-refractivity contribution in [2.75, 3.05) is 26.2 Å². The highest BCUT2D eigenvalue weighted by atomic mass is 127. The van der Waals surface area contributed by atoms with Crippen molar-refractivity contribution in [3.63, 3.8) is 0 Å². The molecule has 1 unspecified atom stereocenters. The minimum atomic E-state index is -0.130. The van der Waals surface area contributed by atoms with Gasteiger partial charge < -0.3 is 14.8 Å². The number of aromatic nitrogens is 1. The summed E-state index contributed by atoms with van der Waals surface area (Å²) in [4.78, 5) is 18.0.